The lowest BCUT2D eigenvalue weighted by molar-refractivity contribution is 0.809. The van der Waals surface area contributed by atoms with Crippen LogP contribution in [0.25, 0.3) is 16.3 Å². The van der Waals surface area contributed by atoms with Crippen molar-refractivity contribution in [2.75, 3.05) is 0 Å². The van der Waals surface area contributed by atoms with Crippen molar-refractivity contribution in [1.82, 2.24) is 14.5 Å². The maximum atomic E-state index is 4.91. The summed E-state index contributed by atoms with van der Waals surface area (Å²) >= 11 is 3.26. The molecule has 5 rings (SSSR count). The van der Waals surface area contributed by atoms with Crippen molar-refractivity contribution in [3.8, 4) is 16.3 Å². The van der Waals surface area contributed by atoms with E-state index in [1.165, 1.54) is 5.56 Å². The molecule has 0 spiro atoms. The minimum atomic E-state index is 0.838. The molecule has 7 heteroatoms. The van der Waals surface area contributed by atoms with Crippen molar-refractivity contribution in [1.29, 1.82) is 0 Å². The Labute approximate surface area is 200 Å². The van der Waals surface area contributed by atoms with Crippen molar-refractivity contribution in [3.05, 3.63) is 105 Å². The van der Waals surface area contributed by atoms with Gasteiger partial charge in [-0.3, -0.25) is 0 Å². The van der Waals surface area contributed by atoms with E-state index in [9.17, 15) is 0 Å². The number of para-hydroxylation sites is 1. The monoisotopic (exact) mass is 469 g/mol. The van der Waals surface area contributed by atoms with Crippen LogP contribution in [-0.4, -0.2) is 20.7 Å². The third-order valence-electron chi connectivity index (χ3n) is 5.26. The largest absolute Gasteiger partial charge is 0.240 e. The third kappa shape index (κ3) is 4.51. The number of thiazole rings is 1. The normalized spacial score (nSPS) is 12.2. The summed E-state index contributed by atoms with van der Waals surface area (Å²) in [4.78, 5) is 6.86. The number of thiophene rings is 1. The summed E-state index contributed by atoms with van der Waals surface area (Å²) in [6.07, 6.45) is 3.90. The SMILES string of the molecule is Cc1ccc(C)c(N=c2scc(C)n2N=Cc2cn(-c3ccccc3)nc2-c2cccs2)c1. The fourth-order valence-electron chi connectivity index (χ4n) is 3.47. The summed E-state index contributed by atoms with van der Waals surface area (Å²) in [6, 6.07) is 20.6. The first-order chi connectivity index (χ1) is 16.1. The van der Waals surface area contributed by atoms with Gasteiger partial charge in [-0.25, -0.2) is 14.4 Å². The number of rotatable bonds is 5. The van der Waals surface area contributed by atoms with Crippen LogP contribution in [0.15, 0.2) is 87.7 Å². The maximum absolute atomic E-state index is 4.91. The molecule has 164 valence electrons. The molecule has 0 aliphatic rings. The van der Waals surface area contributed by atoms with Gasteiger partial charge in [-0.15, -0.1) is 22.7 Å². The molecule has 0 bridgehead atoms. The van der Waals surface area contributed by atoms with Crippen molar-refractivity contribution < 1.29 is 0 Å². The van der Waals surface area contributed by atoms with Crippen LogP contribution in [0.5, 0.6) is 0 Å². The number of hydrogen-bond acceptors (Lipinski definition) is 5. The van der Waals surface area contributed by atoms with Crippen LogP contribution in [0, 0.1) is 20.8 Å². The first kappa shape index (κ1) is 21.3. The zero-order valence-electron chi connectivity index (χ0n) is 18.6. The van der Waals surface area contributed by atoms with Crippen LogP contribution >= 0.6 is 22.7 Å². The molecule has 0 saturated carbocycles. The van der Waals surface area contributed by atoms with E-state index in [0.717, 1.165) is 43.6 Å². The van der Waals surface area contributed by atoms with Gasteiger partial charge in [-0.2, -0.15) is 10.2 Å². The Kier molecular flexibility index (Phi) is 5.90. The molecule has 0 unspecified atom stereocenters. The standard InChI is InChI=1S/C26H23N5S2/c1-18-11-12-19(2)23(14-18)28-26-31(20(3)17-33-26)27-15-21-16-30(22-8-5-4-6-9-22)29-25(21)24-10-7-13-32-24/h4-17H,1-3H3. The highest BCUT2D eigenvalue weighted by Gasteiger charge is 2.12. The van der Waals surface area contributed by atoms with Gasteiger partial charge in [-0.05, 0) is 61.5 Å². The van der Waals surface area contributed by atoms with E-state index in [-0.39, 0.29) is 0 Å². The lowest BCUT2D eigenvalue weighted by Gasteiger charge is -2.02. The zero-order chi connectivity index (χ0) is 22.8. The number of aromatic nitrogens is 3. The lowest BCUT2D eigenvalue weighted by Crippen LogP contribution is -2.11. The summed E-state index contributed by atoms with van der Waals surface area (Å²) in [5, 5.41) is 13.8. The van der Waals surface area contributed by atoms with Gasteiger partial charge in [0.25, 0.3) is 0 Å². The summed E-state index contributed by atoms with van der Waals surface area (Å²) in [5.74, 6) is 0. The highest BCUT2D eigenvalue weighted by atomic mass is 32.1. The molecular weight excluding hydrogens is 446 g/mol. The Morgan fingerprint density at radius 3 is 2.58 bits per heavy atom. The van der Waals surface area contributed by atoms with Crippen LogP contribution < -0.4 is 4.80 Å². The Morgan fingerprint density at radius 1 is 0.939 bits per heavy atom. The molecular formula is C26H23N5S2. The van der Waals surface area contributed by atoms with Crippen LogP contribution in [-0.2, 0) is 0 Å². The average Bonchev–Trinajstić information content (AvgIpc) is 3.56. The maximum Gasteiger partial charge on any atom is 0.211 e. The Bertz CT molecular complexity index is 1490. The first-order valence-corrected chi connectivity index (χ1v) is 12.4. The topological polar surface area (TPSA) is 47.5 Å². The predicted octanol–water partition coefficient (Wildman–Crippen LogP) is 6.50. The number of benzene rings is 2. The Hall–Kier alpha value is -3.55. The molecule has 2 aromatic carbocycles. The molecule has 0 fully saturated rings. The second-order valence-corrected chi connectivity index (χ2v) is 9.59. The second kappa shape index (κ2) is 9.13. The van der Waals surface area contributed by atoms with Crippen molar-refractivity contribution in [3.63, 3.8) is 0 Å². The van der Waals surface area contributed by atoms with E-state index in [1.807, 2.05) is 65.1 Å². The number of nitrogens with zero attached hydrogens (tertiary/aromatic N) is 5. The van der Waals surface area contributed by atoms with E-state index >= 15 is 0 Å². The smallest absolute Gasteiger partial charge is 0.211 e. The van der Waals surface area contributed by atoms with Crippen molar-refractivity contribution in [2.24, 2.45) is 10.1 Å². The van der Waals surface area contributed by atoms with Crippen LogP contribution in [0.4, 0.5) is 5.69 Å². The summed E-state index contributed by atoms with van der Waals surface area (Å²) in [5.41, 5.74) is 7.23. The van der Waals surface area contributed by atoms with Gasteiger partial charge in [0.1, 0.15) is 5.69 Å². The minimum absolute atomic E-state index is 0.838. The van der Waals surface area contributed by atoms with Crippen molar-refractivity contribution >= 4 is 34.6 Å². The molecule has 0 aliphatic heterocycles. The first-order valence-electron chi connectivity index (χ1n) is 10.6. The molecule has 0 amide bonds. The van der Waals surface area contributed by atoms with Gasteiger partial charge in [0.15, 0.2) is 0 Å². The molecule has 5 nitrogen and oxygen atoms in total. The molecule has 0 aliphatic carbocycles. The van der Waals surface area contributed by atoms with E-state index < -0.39 is 0 Å². The van der Waals surface area contributed by atoms with Crippen LogP contribution in [0.3, 0.4) is 0 Å². The molecule has 3 aromatic heterocycles. The molecule has 3 heterocycles. The van der Waals surface area contributed by atoms with Gasteiger partial charge in [0.2, 0.25) is 4.80 Å². The lowest BCUT2D eigenvalue weighted by atomic mass is 10.1. The van der Waals surface area contributed by atoms with Gasteiger partial charge in [0, 0.05) is 17.1 Å². The third-order valence-corrected chi connectivity index (χ3v) is 7.07. The summed E-state index contributed by atoms with van der Waals surface area (Å²) in [7, 11) is 0. The van der Waals surface area contributed by atoms with E-state index in [0.29, 0.717) is 0 Å². The van der Waals surface area contributed by atoms with Gasteiger partial charge < -0.3 is 0 Å². The quantitative estimate of drug-likeness (QED) is 0.271. The predicted molar refractivity (Wildman–Crippen MR) is 138 cm³/mol. The zero-order valence-corrected chi connectivity index (χ0v) is 20.3. The highest BCUT2D eigenvalue weighted by molar-refractivity contribution is 7.13. The van der Waals surface area contributed by atoms with E-state index in [1.54, 1.807) is 22.7 Å². The van der Waals surface area contributed by atoms with Gasteiger partial charge in [-0.1, -0.05) is 36.4 Å². The number of aryl methyl sites for hydroxylation is 3. The average molecular weight is 470 g/mol. The summed E-state index contributed by atoms with van der Waals surface area (Å²) < 4.78 is 3.80. The fraction of sp³-hybridized carbons (Fsp3) is 0.115. The second-order valence-electron chi connectivity index (χ2n) is 7.81. The highest BCUT2D eigenvalue weighted by Crippen LogP contribution is 2.27. The van der Waals surface area contributed by atoms with Gasteiger partial charge in [0.05, 0.1) is 28.2 Å². The van der Waals surface area contributed by atoms with Gasteiger partial charge >= 0.3 is 0 Å². The molecule has 33 heavy (non-hydrogen) atoms. The molecule has 0 atom stereocenters. The fourth-order valence-corrected chi connectivity index (χ4v) is 5.01. The van der Waals surface area contributed by atoms with E-state index in [4.69, 9.17) is 15.2 Å². The van der Waals surface area contributed by atoms with Crippen molar-refractivity contribution in [2.45, 2.75) is 20.8 Å². The molecule has 0 saturated heterocycles. The van der Waals surface area contributed by atoms with E-state index in [2.05, 4.69) is 48.9 Å². The Morgan fingerprint density at radius 2 is 1.79 bits per heavy atom. The van der Waals surface area contributed by atoms with Crippen LogP contribution in [0.2, 0.25) is 0 Å². The molecule has 5 aromatic rings. The minimum Gasteiger partial charge on any atom is -0.240 e. The number of hydrogen-bond donors (Lipinski definition) is 0. The molecule has 0 radical (unpaired) electrons. The Balaban J connectivity index is 1.58. The van der Waals surface area contributed by atoms with Crippen LogP contribution in [0.1, 0.15) is 22.4 Å². The molecule has 0 N–H and O–H groups in total. The summed E-state index contributed by atoms with van der Waals surface area (Å²) in [6.45, 7) is 6.21.